The van der Waals surface area contributed by atoms with Crippen LogP contribution in [0.15, 0.2) is 30.3 Å². The summed E-state index contributed by atoms with van der Waals surface area (Å²) in [6.45, 7) is 1.30. The fourth-order valence-electron chi connectivity index (χ4n) is 1.80. The van der Waals surface area contributed by atoms with Crippen molar-refractivity contribution in [2.24, 2.45) is 5.41 Å². The number of para-hydroxylation sites is 1. The number of benzene rings is 1. The predicted octanol–water partition coefficient (Wildman–Crippen LogP) is 2.78. The van der Waals surface area contributed by atoms with Crippen LogP contribution < -0.4 is 4.90 Å². The van der Waals surface area contributed by atoms with Crippen molar-refractivity contribution in [2.45, 2.75) is 17.7 Å². The standard InChI is InChI=1S/C14H15Cl2NO3/c1-13(9-14(13,15)16)12(19)20-8-11(18)17(2)10-6-4-3-5-7-10/h3-7H,8-9H2,1-2H3. The summed E-state index contributed by atoms with van der Waals surface area (Å²) in [5.74, 6) is -0.860. The minimum atomic E-state index is -1.08. The Bertz CT molecular complexity index is 532. The van der Waals surface area contributed by atoms with Crippen LogP contribution in [0.1, 0.15) is 13.3 Å². The molecule has 108 valence electrons. The van der Waals surface area contributed by atoms with E-state index in [0.29, 0.717) is 6.42 Å². The lowest BCUT2D eigenvalue weighted by molar-refractivity contribution is -0.152. The minimum Gasteiger partial charge on any atom is -0.455 e. The molecular formula is C14H15Cl2NO3. The van der Waals surface area contributed by atoms with Gasteiger partial charge in [0.25, 0.3) is 5.91 Å². The van der Waals surface area contributed by atoms with Crippen molar-refractivity contribution >= 4 is 40.8 Å². The van der Waals surface area contributed by atoms with Gasteiger partial charge < -0.3 is 9.64 Å². The van der Waals surface area contributed by atoms with E-state index in [1.807, 2.05) is 18.2 Å². The highest BCUT2D eigenvalue weighted by molar-refractivity contribution is 6.53. The summed E-state index contributed by atoms with van der Waals surface area (Å²) in [5.41, 5.74) is -0.183. The number of nitrogens with zero attached hydrogens (tertiary/aromatic N) is 1. The summed E-state index contributed by atoms with van der Waals surface area (Å²) >= 11 is 11.8. The van der Waals surface area contributed by atoms with Crippen LogP contribution in [0.3, 0.4) is 0 Å². The van der Waals surface area contributed by atoms with E-state index in [1.165, 1.54) is 4.90 Å². The predicted molar refractivity (Wildman–Crippen MR) is 78.0 cm³/mol. The molecule has 20 heavy (non-hydrogen) atoms. The number of halogens is 2. The maximum Gasteiger partial charge on any atom is 0.315 e. The molecule has 0 aromatic heterocycles. The van der Waals surface area contributed by atoms with Crippen molar-refractivity contribution < 1.29 is 14.3 Å². The number of rotatable bonds is 4. The molecule has 0 N–H and O–H groups in total. The van der Waals surface area contributed by atoms with Crippen molar-refractivity contribution in [3.8, 4) is 0 Å². The highest BCUT2D eigenvalue weighted by Crippen LogP contribution is 2.64. The van der Waals surface area contributed by atoms with E-state index in [2.05, 4.69) is 0 Å². The largest absolute Gasteiger partial charge is 0.455 e. The van der Waals surface area contributed by atoms with Gasteiger partial charge in [-0.3, -0.25) is 9.59 Å². The highest BCUT2D eigenvalue weighted by atomic mass is 35.5. The van der Waals surface area contributed by atoms with Gasteiger partial charge >= 0.3 is 5.97 Å². The van der Waals surface area contributed by atoms with Gasteiger partial charge in [0.05, 0.1) is 0 Å². The molecule has 1 aromatic carbocycles. The lowest BCUT2D eigenvalue weighted by Crippen LogP contribution is -2.33. The Hall–Kier alpha value is -1.26. The molecule has 4 nitrogen and oxygen atoms in total. The molecule has 1 aromatic rings. The van der Waals surface area contributed by atoms with E-state index in [-0.39, 0.29) is 12.5 Å². The number of likely N-dealkylation sites (N-methyl/N-ethyl adjacent to an activating group) is 1. The molecule has 1 aliphatic rings. The summed E-state index contributed by atoms with van der Waals surface area (Å²) in [4.78, 5) is 25.2. The molecule has 0 bridgehead atoms. The Balaban J connectivity index is 1.89. The summed E-state index contributed by atoms with van der Waals surface area (Å²) in [7, 11) is 1.62. The van der Waals surface area contributed by atoms with Gasteiger partial charge in [0, 0.05) is 19.2 Å². The SMILES string of the molecule is CN(C(=O)COC(=O)C1(C)CC1(Cl)Cl)c1ccccc1. The van der Waals surface area contributed by atoms with E-state index in [1.54, 1.807) is 26.1 Å². The summed E-state index contributed by atoms with van der Waals surface area (Å²) in [5, 5.41) is 0. The highest BCUT2D eigenvalue weighted by Gasteiger charge is 2.69. The third-order valence-electron chi connectivity index (χ3n) is 3.55. The quantitative estimate of drug-likeness (QED) is 0.634. The van der Waals surface area contributed by atoms with E-state index >= 15 is 0 Å². The van der Waals surface area contributed by atoms with E-state index in [9.17, 15) is 9.59 Å². The Morgan fingerprint density at radius 2 is 1.85 bits per heavy atom. The third kappa shape index (κ3) is 2.76. The molecule has 0 radical (unpaired) electrons. The number of ether oxygens (including phenoxy) is 1. The lowest BCUT2D eigenvalue weighted by Gasteiger charge is -2.18. The fraction of sp³-hybridized carbons (Fsp3) is 0.429. The molecule has 1 atom stereocenters. The molecule has 1 fully saturated rings. The summed E-state index contributed by atoms with van der Waals surface area (Å²) in [6.07, 6.45) is 0.338. The van der Waals surface area contributed by atoms with Crippen LogP contribution in [0.5, 0.6) is 0 Å². The van der Waals surface area contributed by atoms with Crippen molar-refractivity contribution in [3.05, 3.63) is 30.3 Å². The van der Waals surface area contributed by atoms with Gasteiger partial charge in [-0.15, -0.1) is 23.2 Å². The molecule has 0 heterocycles. The molecule has 6 heteroatoms. The Labute approximate surface area is 127 Å². The van der Waals surface area contributed by atoms with Gasteiger partial charge in [-0.1, -0.05) is 18.2 Å². The Morgan fingerprint density at radius 1 is 1.30 bits per heavy atom. The van der Waals surface area contributed by atoms with E-state index in [0.717, 1.165) is 5.69 Å². The number of esters is 1. The van der Waals surface area contributed by atoms with Crippen molar-refractivity contribution in [1.82, 2.24) is 0 Å². The third-order valence-corrected chi connectivity index (χ3v) is 4.65. The van der Waals surface area contributed by atoms with E-state index in [4.69, 9.17) is 27.9 Å². The number of hydrogen-bond acceptors (Lipinski definition) is 3. The molecule has 2 rings (SSSR count). The second kappa shape index (κ2) is 5.26. The zero-order chi connectivity index (χ0) is 15.0. The summed E-state index contributed by atoms with van der Waals surface area (Å²) < 4.78 is 3.93. The first-order chi connectivity index (χ1) is 9.28. The number of anilines is 1. The van der Waals surface area contributed by atoms with Crippen molar-refractivity contribution in [2.75, 3.05) is 18.6 Å². The number of carbonyl (C=O) groups is 2. The molecule has 0 spiro atoms. The van der Waals surface area contributed by atoms with Gasteiger partial charge in [0.1, 0.15) is 9.75 Å². The normalized spacial score (nSPS) is 23.0. The minimum absolute atomic E-state index is 0.316. The van der Waals surface area contributed by atoms with Crippen LogP contribution >= 0.6 is 23.2 Å². The zero-order valence-electron chi connectivity index (χ0n) is 11.2. The Morgan fingerprint density at radius 3 is 2.35 bits per heavy atom. The lowest BCUT2D eigenvalue weighted by atomic mass is 10.1. The molecule has 1 saturated carbocycles. The first-order valence-electron chi connectivity index (χ1n) is 6.14. The van der Waals surface area contributed by atoms with Crippen molar-refractivity contribution in [3.63, 3.8) is 0 Å². The second-order valence-electron chi connectivity index (χ2n) is 5.08. The maximum atomic E-state index is 11.9. The van der Waals surface area contributed by atoms with Crippen LogP contribution in [0.4, 0.5) is 5.69 Å². The number of amides is 1. The smallest absolute Gasteiger partial charge is 0.315 e. The average Bonchev–Trinajstić information content (AvgIpc) is 2.96. The van der Waals surface area contributed by atoms with E-state index < -0.39 is 15.7 Å². The zero-order valence-corrected chi connectivity index (χ0v) is 12.7. The number of carbonyl (C=O) groups excluding carboxylic acids is 2. The topological polar surface area (TPSA) is 46.6 Å². The Kier molecular flexibility index (Phi) is 3.98. The summed E-state index contributed by atoms with van der Waals surface area (Å²) in [6, 6.07) is 9.10. The van der Waals surface area contributed by atoms with Crippen LogP contribution in [-0.2, 0) is 14.3 Å². The second-order valence-corrected chi connectivity index (χ2v) is 6.56. The first kappa shape index (κ1) is 15.1. The molecule has 1 aliphatic carbocycles. The van der Waals surface area contributed by atoms with Crippen LogP contribution in [-0.4, -0.2) is 29.9 Å². The van der Waals surface area contributed by atoms with Crippen LogP contribution in [0.2, 0.25) is 0 Å². The molecular weight excluding hydrogens is 301 g/mol. The molecule has 1 unspecified atom stereocenters. The fourth-order valence-corrected chi connectivity index (χ4v) is 2.49. The van der Waals surface area contributed by atoms with Crippen LogP contribution in [0, 0.1) is 5.41 Å². The first-order valence-corrected chi connectivity index (χ1v) is 6.90. The number of hydrogen-bond donors (Lipinski definition) is 0. The molecule has 0 aliphatic heterocycles. The van der Waals surface area contributed by atoms with Gasteiger partial charge in [0.2, 0.25) is 0 Å². The molecule has 1 amide bonds. The van der Waals surface area contributed by atoms with Crippen molar-refractivity contribution in [1.29, 1.82) is 0 Å². The average molecular weight is 316 g/mol. The maximum absolute atomic E-state index is 11.9. The van der Waals surface area contributed by atoms with Gasteiger partial charge in [-0.05, 0) is 19.1 Å². The van der Waals surface area contributed by atoms with Gasteiger partial charge in [0.15, 0.2) is 6.61 Å². The molecule has 0 saturated heterocycles. The van der Waals surface area contributed by atoms with Gasteiger partial charge in [-0.25, -0.2) is 0 Å². The monoisotopic (exact) mass is 315 g/mol. The number of alkyl halides is 2. The van der Waals surface area contributed by atoms with Crippen LogP contribution in [0.25, 0.3) is 0 Å². The van der Waals surface area contributed by atoms with Gasteiger partial charge in [-0.2, -0.15) is 0 Å².